The second-order valence-corrected chi connectivity index (χ2v) is 8.46. The van der Waals surface area contributed by atoms with Crippen LogP contribution in [-0.2, 0) is 16.0 Å². The Morgan fingerprint density at radius 1 is 1.39 bits per heavy atom. The van der Waals surface area contributed by atoms with Crippen LogP contribution in [0.3, 0.4) is 0 Å². The van der Waals surface area contributed by atoms with E-state index in [1.165, 1.54) is 11.3 Å². The van der Waals surface area contributed by atoms with Crippen molar-refractivity contribution in [2.75, 3.05) is 6.54 Å². The first-order valence-corrected chi connectivity index (χ1v) is 10.9. The zero-order valence-corrected chi connectivity index (χ0v) is 18.5. The van der Waals surface area contributed by atoms with Gasteiger partial charge in [-0.25, -0.2) is 15.1 Å². The number of rotatable bonds is 14. The number of hydrogen-bond acceptors (Lipinski definition) is 8. The normalized spacial score (nSPS) is 13.5. The predicted molar refractivity (Wildman–Crippen MR) is 119 cm³/mol. The summed E-state index contributed by atoms with van der Waals surface area (Å²) in [7, 11) is -1.72. The van der Waals surface area contributed by atoms with Gasteiger partial charge in [0.05, 0.1) is 5.94 Å². The number of Topliss-reactive ketones (excluding diaryl/α,β-unsaturated/α-hetero) is 1. The van der Waals surface area contributed by atoms with E-state index in [9.17, 15) is 29.8 Å². The van der Waals surface area contributed by atoms with Gasteiger partial charge in [-0.05, 0) is 47.6 Å². The van der Waals surface area contributed by atoms with Crippen LogP contribution in [0.4, 0.5) is 0 Å². The fourth-order valence-corrected chi connectivity index (χ4v) is 3.69. The highest BCUT2D eigenvalue weighted by Gasteiger charge is 2.30. The summed E-state index contributed by atoms with van der Waals surface area (Å²) in [5.74, 6) is -2.32. The van der Waals surface area contributed by atoms with Gasteiger partial charge in [0.2, 0.25) is 5.91 Å². The van der Waals surface area contributed by atoms with Crippen molar-refractivity contribution in [1.29, 1.82) is 0 Å². The minimum Gasteiger partial charge on any atom is -0.426 e. The first kappa shape index (κ1) is 26.5. The first-order valence-electron chi connectivity index (χ1n) is 9.98. The van der Waals surface area contributed by atoms with Gasteiger partial charge in [-0.2, -0.15) is 11.3 Å². The van der Waals surface area contributed by atoms with Gasteiger partial charge in [0, 0.05) is 25.3 Å². The number of hydrogen-bond donors (Lipinski definition) is 5. The monoisotopic (exact) mass is 455 g/mol. The van der Waals surface area contributed by atoms with E-state index in [1.54, 1.807) is 5.43 Å². The van der Waals surface area contributed by atoms with Crippen molar-refractivity contribution in [2.24, 2.45) is 22.6 Å². The van der Waals surface area contributed by atoms with Gasteiger partial charge in [-0.3, -0.25) is 9.59 Å². The molecule has 1 aromatic heterocycles. The Bertz CT molecular complexity index is 744. The summed E-state index contributed by atoms with van der Waals surface area (Å²) in [6.45, 7) is 3.92. The van der Waals surface area contributed by atoms with E-state index in [0.29, 0.717) is 12.8 Å². The van der Waals surface area contributed by atoms with E-state index in [2.05, 4.69) is 10.3 Å². The molecule has 0 fully saturated rings. The summed E-state index contributed by atoms with van der Waals surface area (Å²) in [6, 6.07) is 1.85. The zero-order valence-electron chi connectivity index (χ0n) is 17.7. The number of thiophene rings is 1. The fourth-order valence-electron chi connectivity index (χ4n) is 3.02. The van der Waals surface area contributed by atoms with Crippen molar-refractivity contribution in [1.82, 2.24) is 10.7 Å². The molecule has 0 saturated heterocycles. The molecule has 1 rings (SSSR count). The molecule has 0 spiro atoms. The third kappa shape index (κ3) is 11.5. The molecule has 0 unspecified atom stereocenters. The molecule has 0 saturated carbocycles. The lowest BCUT2D eigenvalue weighted by Gasteiger charge is -2.23. The lowest BCUT2D eigenvalue weighted by Crippen LogP contribution is -2.49. The number of carbonyl (C=O) groups is 2. The molecular formula is C18H30BN5O6S. The second kappa shape index (κ2) is 13.7. The van der Waals surface area contributed by atoms with Crippen LogP contribution in [0.1, 0.15) is 45.1 Å². The molecule has 0 aromatic carbocycles. The van der Waals surface area contributed by atoms with Crippen molar-refractivity contribution in [3.05, 3.63) is 32.5 Å². The number of nitrogens with two attached hydrogens (primary N) is 1. The molecule has 1 heterocycles. The van der Waals surface area contributed by atoms with E-state index in [4.69, 9.17) is 5.73 Å². The molecule has 0 radical (unpaired) electrons. The number of guanidine groups is 1. The Morgan fingerprint density at radius 3 is 2.65 bits per heavy atom. The number of nitrogens with zero attached hydrogens (tertiary/aromatic N) is 2. The Kier molecular flexibility index (Phi) is 11.7. The molecule has 11 nitrogen and oxygen atoms in total. The van der Waals surface area contributed by atoms with Crippen LogP contribution in [0.15, 0.2) is 21.8 Å². The van der Waals surface area contributed by atoms with E-state index in [1.807, 2.05) is 30.7 Å². The lowest BCUT2D eigenvalue weighted by molar-refractivity contribution is -0.525. The SMILES string of the molecule is CC(C)C[C@H](NC(=O)[C@H](CCCN=C(N)N[N+](=O)[O-])CC(=O)Cc1ccsc1)B(O)O. The quantitative estimate of drug-likeness (QED) is 0.0663. The third-order valence-electron chi connectivity index (χ3n) is 4.44. The highest BCUT2D eigenvalue weighted by atomic mass is 32.1. The Morgan fingerprint density at radius 2 is 2.10 bits per heavy atom. The Labute approximate surface area is 185 Å². The first-order chi connectivity index (χ1) is 14.6. The molecule has 0 aliphatic carbocycles. The average Bonchev–Trinajstić information content (AvgIpc) is 3.15. The smallest absolute Gasteiger partial charge is 0.426 e. The maximum absolute atomic E-state index is 12.8. The minimum absolute atomic E-state index is 0.00997. The number of carbonyl (C=O) groups excluding carboxylic acids is 2. The van der Waals surface area contributed by atoms with Crippen LogP contribution in [0, 0.1) is 22.0 Å². The number of nitrogens with one attached hydrogen (secondary N) is 2. The zero-order chi connectivity index (χ0) is 23.4. The Balaban J connectivity index is 2.76. The van der Waals surface area contributed by atoms with Gasteiger partial charge in [-0.15, -0.1) is 0 Å². The molecule has 13 heteroatoms. The summed E-state index contributed by atoms with van der Waals surface area (Å²) >= 11 is 1.48. The van der Waals surface area contributed by atoms with Crippen LogP contribution in [0.25, 0.3) is 0 Å². The predicted octanol–water partition coefficient (Wildman–Crippen LogP) is 0.285. The van der Waals surface area contributed by atoms with Gasteiger partial charge in [0.25, 0.3) is 5.96 Å². The highest BCUT2D eigenvalue weighted by molar-refractivity contribution is 7.08. The number of aliphatic imine (C=N–C) groups is 1. The molecule has 1 amide bonds. The van der Waals surface area contributed by atoms with Crippen LogP contribution in [0.2, 0.25) is 0 Å². The van der Waals surface area contributed by atoms with Gasteiger partial charge < -0.3 is 21.1 Å². The third-order valence-corrected chi connectivity index (χ3v) is 5.17. The van der Waals surface area contributed by atoms with E-state index >= 15 is 0 Å². The summed E-state index contributed by atoms with van der Waals surface area (Å²) in [6.07, 6.45) is 1.21. The van der Waals surface area contributed by atoms with Crippen LogP contribution in [0.5, 0.6) is 0 Å². The maximum Gasteiger partial charge on any atom is 0.475 e. The van der Waals surface area contributed by atoms with Gasteiger partial charge in [-0.1, -0.05) is 19.3 Å². The molecule has 31 heavy (non-hydrogen) atoms. The molecule has 6 N–H and O–H groups in total. The number of amides is 1. The van der Waals surface area contributed by atoms with Crippen molar-refractivity contribution in [3.8, 4) is 0 Å². The van der Waals surface area contributed by atoms with E-state index in [-0.39, 0.29) is 43.5 Å². The summed E-state index contributed by atoms with van der Waals surface area (Å²) in [4.78, 5) is 39.4. The van der Waals surface area contributed by atoms with Crippen molar-refractivity contribution >= 4 is 36.1 Å². The van der Waals surface area contributed by atoms with Crippen LogP contribution < -0.4 is 16.5 Å². The molecule has 1 aromatic rings. The molecule has 0 aliphatic rings. The molecule has 0 aliphatic heterocycles. The number of hydrazine groups is 1. The summed E-state index contributed by atoms with van der Waals surface area (Å²) in [5.41, 5.74) is 7.97. The van der Waals surface area contributed by atoms with Crippen molar-refractivity contribution < 1.29 is 24.7 Å². The molecule has 0 bridgehead atoms. The van der Waals surface area contributed by atoms with Gasteiger partial charge in [0.1, 0.15) is 5.78 Å². The van der Waals surface area contributed by atoms with Crippen LogP contribution in [-0.4, -0.2) is 52.3 Å². The maximum atomic E-state index is 12.8. The van der Waals surface area contributed by atoms with E-state index in [0.717, 1.165) is 5.56 Å². The Hall–Kier alpha value is -2.51. The standard InChI is InChI=1S/C18H30BN5O6S/c1-12(2)8-16(19(27)28)22-17(26)14(4-3-6-21-18(20)23-24(29)30)10-15(25)9-13-5-7-31-11-13/h5,7,11-12,14,16,27-28H,3-4,6,8-10H2,1-2H3,(H,22,26)(H3,20,21,23)/t14-,16+/m1/s1. The second-order valence-electron chi connectivity index (χ2n) is 7.68. The lowest BCUT2D eigenvalue weighted by atomic mass is 9.74. The number of ketones is 1. The number of nitro groups is 1. The van der Waals surface area contributed by atoms with Gasteiger partial charge in [0.15, 0.2) is 5.03 Å². The highest BCUT2D eigenvalue weighted by Crippen LogP contribution is 2.17. The fraction of sp³-hybridized carbons (Fsp3) is 0.611. The average molecular weight is 455 g/mol. The van der Waals surface area contributed by atoms with Gasteiger partial charge >= 0.3 is 7.12 Å². The van der Waals surface area contributed by atoms with Crippen molar-refractivity contribution in [2.45, 2.75) is 51.9 Å². The summed E-state index contributed by atoms with van der Waals surface area (Å²) in [5, 5.41) is 35.0. The molecule has 2 atom stereocenters. The summed E-state index contributed by atoms with van der Waals surface area (Å²) < 4.78 is 0. The molecule has 172 valence electrons. The molecular weight excluding hydrogens is 425 g/mol. The largest absolute Gasteiger partial charge is 0.475 e. The topological polar surface area (TPSA) is 180 Å². The van der Waals surface area contributed by atoms with Crippen molar-refractivity contribution in [3.63, 3.8) is 0 Å². The van der Waals surface area contributed by atoms with E-state index < -0.39 is 29.9 Å². The van der Waals surface area contributed by atoms with Crippen LogP contribution >= 0.6 is 11.3 Å². The minimum atomic E-state index is -1.72.